The normalized spacial score (nSPS) is 30.8. The molecule has 17 heavy (non-hydrogen) atoms. The van der Waals surface area contributed by atoms with Crippen molar-refractivity contribution in [2.45, 2.75) is 52.2 Å². The number of aliphatic hydroxyl groups excluding tert-OH is 3. The van der Waals surface area contributed by atoms with Gasteiger partial charge in [0.15, 0.2) is 0 Å². The highest BCUT2D eigenvalue weighted by Crippen LogP contribution is 2.37. The van der Waals surface area contributed by atoms with Crippen molar-refractivity contribution in [2.75, 3.05) is 6.61 Å². The number of hydrogen-bond acceptors (Lipinski definition) is 4. The zero-order valence-corrected chi connectivity index (χ0v) is 12.4. The highest BCUT2D eigenvalue weighted by atomic mass is 28.3. The minimum atomic E-state index is -1.25. The Hall–Kier alpha value is -0.363. The third-order valence-electron chi connectivity index (χ3n) is 3.06. The van der Waals surface area contributed by atoms with E-state index in [9.17, 15) is 10.2 Å². The SMILES string of the molecule is C[SiH](C)C1=C(C(C)(C)C)[C@@H](O)[C@H](O)[C@@H](CO)O1. The summed E-state index contributed by atoms with van der Waals surface area (Å²) >= 11 is 0. The van der Waals surface area contributed by atoms with Crippen molar-refractivity contribution >= 4 is 8.80 Å². The third kappa shape index (κ3) is 2.91. The van der Waals surface area contributed by atoms with Crippen molar-refractivity contribution < 1.29 is 20.1 Å². The summed E-state index contributed by atoms with van der Waals surface area (Å²) in [5, 5.41) is 30.1. The van der Waals surface area contributed by atoms with Gasteiger partial charge in [0.1, 0.15) is 27.1 Å². The Morgan fingerprint density at radius 3 is 2.12 bits per heavy atom. The van der Waals surface area contributed by atoms with Crippen LogP contribution >= 0.6 is 0 Å². The molecule has 1 aliphatic rings. The third-order valence-corrected chi connectivity index (χ3v) is 4.55. The molecule has 0 aromatic carbocycles. The molecule has 3 atom stereocenters. The van der Waals surface area contributed by atoms with Crippen LogP contribution in [0.4, 0.5) is 0 Å². The minimum absolute atomic E-state index is 0.243. The molecule has 0 bridgehead atoms. The molecule has 3 N–H and O–H groups in total. The molecule has 100 valence electrons. The van der Waals surface area contributed by atoms with E-state index >= 15 is 0 Å². The molecule has 0 unspecified atom stereocenters. The van der Waals surface area contributed by atoms with Crippen LogP contribution in [-0.2, 0) is 4.74 Å². The standard InChI is InChI=1S/C12H24O4Si/c1-12(2,3)8-10(15)9(14)7(6-13)16-11(8)17(4)5/h7,9-10,13-15,17H,6H2,1-5H3/t7-,9-,10-/m1/s1. The predicted molar refractivity (Wildman–Crippen MR) is 69.3 cm³/mol. The summed E-state index contributed by atoms with van der Waals surface area (Å²) in [5.41, 5.74) is 0.546. The van der Waals surface area contributed by atoms with Crippen LogP contribution in [0.25, 0.3) is 0 Å². The molecule has 0 saturated carbocycles. The first kappa shape index (κ1) is 14.7. The second-order valence-electron chi connectivity index (χ2n) is 5.96. The molecular formula is C12H24O4Si. The Kier molecular flexibility index (Phi) is 4.41. The van der Waals surface area contributed by atoms with E-state index in [1.165, 1.54) is 0 Å². The zero-order valence-electron chi connectivity index (χ0n) is 11.3. The molecule has 1 rings (SSSR count). The molecule has 0 aliphatic carbocycles. The van der Waals surface area contributed by atoms with E-state index in [0.717, 1.165) is 11.0 Å². The van der Waals surface area contributed by atoms with E-state index in [4.69, 9.17) is 9.84 Å². The van der Waals surface area contributed by atoms with Crippen LogP contribution < -0.4 is 0 Å². The van der Waals surface area contributed by atoms with E-state index < -0.39 is 27.1 Å². The zero-order chi connectivity index (χ0) is 13.4. The Labute approximate surface area is 105 Å². The lowest BCUT2D eigenvalue weighted by Crippen LogP contribution is -2.50. The molecule has 1 heterocycles. The maximum atomic E-state index is 10.2. The largest absolute Gasteiger partial charge is 0.495 e. The van der Waals surface area contributed by atoms with E-state index in [1.807, 2.05) is 20.8 Å². The van der Waals surface area contributed by atoms with Gasteiger partial charge in [0, 0.05) is 0 Å². The summed E-state index contributed by atoms with van der Waals surface area (Å²) in [5.74, 6) is 0. The molecule has 4 nitrogen and oxygen atoms in total. The van der Waals surface area contributed by atoms with E-state index in [2.05, 4.69) is 13.1 Å². The minimum Gasteiger partial charge on any atom is -0.495 e. The van der Waals surface area contributed by atoms with Crippen molar-refractivity contribution in [1.29, 1.82) is 0 Å². The van der Waals surface area contributed by atoms with Gasteiger partial charge in [-0.2, -0.15) is 0 Å². The Morgan fingerprint density at radius 2 is 1.76 bits per heavy atom. The number of ether oxygens (including phenoxy) is 1. The van der Waals surface area contributed by atoms with E-state index in [-0.39, 0.29) is 12.0 Å². The smallest absolute Gasteiger partial charge is 0.149 e. The molecule has 0 saturated heterocycles. The highest BCUT2D eigenvalue weighted by Gasteiger charge is 2.42. The van der Waals surface area contributed by atoms with E-state index in [0.29, 0.717) is 0 Å². The van der Waals surface area contributed by atoms with Crippen LogP contribution in [0.15, 0.2) is 11.0 Å². The fourth-order valence-electron chi connectivity index (χ4n) is 2.22. The quantitative estimate of drug-likeness (QED) is 0.630. The first-order valence-electron chi connectivity index (χ1n) is 6.08. The fourth-order valence-corrected chi connectivity index (χ4v) is 3.89. The molecule has 0 radical (unpaired) electrons. The van der Waals surface area contributed by atoms with Crippen LogP contribution in [0.1, 0.15) is 20.8 Å². The van der Waals surface area contributed by atoms with Crippen molar-refractivity contribution in [3.05, 3.63) is 11.0 Å². The first-order chi connectivity index (χ1) is 7.70. The first-order valence-corrected chi connectivity index (χ1v) is 8.97. The Balaban J connectivity index is 3.23. The summed E-state index contributed by atoms with van der Waals surface area (Å²) in [6.45, 7) is 9.94. The van der Waals surface area contributed by atoms with Gasteiger partial charge in [0.2, 0.25) is 0 Å². The molecule has 1 aliphatic heterocycles. The molecular weight excluding hydrogens is 236 g/mol. The van der Waals surface area contributed by atoms with Crippen LogP contribution in [0.3, 0.4) is 0 Å². The van der Waals surface area contributed by atoms with Gasteiger partial charge in [-0.1, -0.05) is 33.9 Å². The average molecular weight is 260 g/mol. The van der Waals surface area contributed by atoms with Gasteiger partial charge in [-0.15, -0.1) is 0 Å². The average Bonchev–Trinajstić information content (AvgIpc) is 2.19. The van der Waals surface area contributed by atoms with Crippen LogP contribution in [-0.4, -0.2) is 49.0 Å². The van der Waals surface area contributed by atoms with Gasteiger partial charge in [0.05, 0.1) is 12.0 Å². The second-order valence-corrected chi connectivity index (χ2v) is 8.79. The summed E-state index contributed by atoms with van der Waals surface area (Å²) in [6, 6.07) is 0. The molecule has 0 aromatic heterocycles. The second kappa shape index (κ2) is 5.10. The maximum Gasteiger partial charge on any atom is 0.149 e. The molecule has 5 heteroatoms. The van der Waals surface area contributed by atoms with Gasteiger partial charge in [0.25, 0.3) is 0 Å². The lowest BCUT2D eigenvalue weighted by atomic mass is 9.80. The van der Waals surface area contributed by atoms with Crippen molar-refractivity contribution in [1.82, 2.24) is 0 Å². The van der Waals surface area contributed by atoms with Gasteiger partial charge in [-0.25, -0.2) is 0 Å². The summed E-state index contributed by atoms with van der Waals surface area (Å²) < 4.78 is 5.70. The van der Waals surface area contributed by atoms with Gasteiger partial charge in [-0.3, -0.25) is 0 Å². The number of hydrogen-bond donors (Lipinski definition) is 3. The number of aliphatic hydroxyl groups is 3. The number of rotatable bonds is 2. The fraction of sp³-hybridized carbons (Fsp3) is 0.833. The summed E-state index contributed by atoms with van der Waals surface area (Å²) in [4.78, 5) is 0. The van der Waals surface area contributed by atoms with Crippen molar-refractivity contribution in [2.24, 2.45) is 5.41 Å². The molecule has 0 amide bonds. The van der Waals surface area contributed by atoms with Crippen molar-refractivity contribution in [3.63, 3.8) is 0 Å². The van der Waals surface area contributed by atoms with Gasteiger partial charge in [-0.05, 0) is 11.0 Å². The monoisotopic (exact) mass is 260 g/mol. The Morgan fingerprint density at radius 1 is 1.24 bits per heavy atom. The van der Waals surface area contributed by atoms with E-state index in [1.54, 1.807) is 0 Å². The van der Waals surface area contributed by atoms with Gasteiger partial charge >= 0.3 is 0 Å². The van der Waals surface area contributed by atoms with Gasteiger partial charge < -0.3 is 20.1 Å². The van der Waals surface area contributed by atoms with Crippen molar-refractivity contribution in [3.8, 4) is 0 Å². The molecule has 0 fully saturated rings. The summed E-state index contributed by atoms with van der Waals surface area (Å²) in [6.07, 6.45) is -2.70. The maximum absolute atomic E-state index is 10.2. The lowest BCUT2D eigenvalue weighted by molar-refractivity contribution is -0.0969. The molecule has 0 spiro atoms. The van der Waals surface area contributed by atoms with Crippen LogP contribution in [0, 0.1) is 5.41 Å². The summed E-state index contributed by atoms with van der Waals surface area (Å²) in [7, 11) is -1.25. The van der Waals surface area contributed by atoms with Crippen LogP contribution in [0.2, 0.25) is 13.1 Å². The predicted octanol–water partition coefficient (Wildman–Crippen LogP) is 0.425. The Bertz CT molecular complexity index is 306. The lowest BCUT2D eigenvalue weighted by Gasteiger charge is -2.41. The van der Waals surface area contributed by atoms with Crippen LogP contribution in [0.5, 0.6) is 0 Å². The molecule has 0 aromatic rings. The highest BCUT2D eigenvalue weighted by molar-refractivity contribution is 6.63. The topological polar surface area (TPSA) is 69.9 Å².